The van der Waals surface area contributed by atoms with Crippen molar-refractivity contribution in [3.63, 3.8) is 0 Å². The first kappa shape index (κ1) is 20.2. The molecule has 0 aliphatic rings. The lowest BCUT2D eigenvalue weighted by atomic mass is 10.1. The maximum atomic E-state index is 8.83. The van der Waals surface area contributed by atoms with Crippen LogP contribution in [0.1, 0.15) is 81.6 Å². The summed E-state index contributed by atoms with van der Waals surface area (Å²) in [6.45, 7) is 17.8. The fraction of sp³-hybridized carbons (Fsp3) is 1.00. The molecule has 0 radical (unpaired) electrons. The number of aliphatic hydroxyl groups is 1. The summed E-state index contributed by atoms with van der Waals surface area (Å²) in [4.78, 5) is 10.7. The maximum Gasteiger partial charge on any atom is 0.0977 e. The van der Waals surface area contributed by atoms with E-state index in [1.54, 1.807) is 13.8 Å². The highest BCUT2D eigenvalue weighted by Crippen LogP contribution is 2.21. The van der Waals surface area contributed by atoms with E-state index in [0.717, 1.165) is 19.3 Å². The smallest absolute Gasteiger partial charge is 0.0977 e. The fourth-order valence-corrected chi connectivity index (χ4v) is 0.343. The van der Waals surface area contributed by atoms with Crippen molar-refractivity contribution in [1.29, 1.82) is 0 Å². The summed E-state index contributed by atoms with van der Waals surface area (Å²) >= 11 is 0. The van der Waals surface area contributed by atoms with Gasteiger partial charge in [0.1, 0.15) is 0 Å². The molecule has 0 saturated carbocycles. The summed E-state index contributed by atoms with van der Waals surface area (Å²) in [7, 11) is 0. The average molecular weight is 262 g/mol. The lowest BCUT2D eigenvalue weighted by molar-refractivity contribution is -0.401. The molecule has 0 saturated heterocycles. The first-order valence-corrected chi connectivity index (χ1v) is 6.98. The molecular weight excluding hydrogens is 228 g/mol. The first-order valence-electron chi connectivity index (χ1n) is 6.98. The Morgan fingerprint density at radius 2 is 0.889 bits per heavy atom. The molecule has 0 bridgehead atoms. The van der Waals surface area contributed by atoms with Crippen LogP contribution in [0.15, 0.2) is 0 Å². The zero-order chi connectivity index (χ0) is 15.0. The van der Waals surface area contributed by atoms with Crippen LogP contribution in [0.2, 0.25) is 0 Å². The maximum absolute atomic E-state index is 8.83. The molecule has 0 unspecified atom stereocenters. The fourth-order valence-electron chi connectivity index (χ4n) is 0.343. The Balaban J connectivity index is 0. The topological polar surface area (TPSA) is 38.7 Å². The van der Waals surface area contributed by atoms with Crippen molar-refractivity contribution >= 4 is 0 Å². The van der Waals surface area contributed by atoms with Crippen LogP contribution in [-0.4, -0.2) is 21.9 Å². The summed E-state index contributed by atoms with van der Waals surface area (Å²) < 4.78 is 0. The van der Waals surface area contributed by atoms with E-state index in [1.807, 2.05) is 34.6 Å². The minimum absolute atomic E-state index is 0.174. The second kappa shape index (κ2) is 8.13. The predicted octanol–water partition coefficient (Wildman–Crippen LogP) is 4.48. The van der Waals surface area contributed by atoms with Gasteiger partial charge in [0, 0.05) is 0 Å². The van der Waals surface area contributed by atoms with Crippen LogP contribution in [0.25, 0.3) is 0 Å². The Bertz CT molecular complexity index is 186. The lowest BCUT2D eigenvalue weighted by Gasteiger charge is -2.29. The van der Waals surface area contributed by atoms with E-state index in [-0.39, 0.29) is 11.2 Å². The zero-order valence-corrected chi connectivity index (χ0v) is 13.9. The average Bonchev–Trinajstić information content (AvgIpc) is 2.27. The quantitative estimate of drug-likeness (QED) is 0.566. The van der Waals surface area contributed by atoms with Crippen molar-refractivity contribution in [1.82, 2.24) is 0 Å². The van der Waals surface area contributed by atoms with Gasteiger partial charge in [0.15, 0.2) is 0 Å². The largest absolute Gasteiger partial charge is 0.390 e. The van der Waals surface area contributed by atoms with Gasteiger partial charge >= 0.3 is 0 Å². The van der Waals surface area contributed by atoms with Gasteiger partial charge in [-0.2, -0.15) is 0 Å². The summed E-state index contributed by atoms with van der Waals surface area (Å²) in [6.07, 6.45) is 2.73. The Hall–Kier alpha value is -0.120. The van der Waals surface area contributed by atoms with Gasteiger partial charge in [-0.1, -0.05) is 20.8 Å². The SMILES string of the molecule is CCC(C)(C)O.CCC(C)(C)OOC(C)(C)CC. The van der Waals surface area contributed by atoms with Crippen LogP contribution in [0.4, 0.5) is 0 Å². The molecule has 112 valence electrons. The Morgan fingerprint density at radius 3 is 1.00 bits per heavy atom. The molecule has 0 fully saturated rings. The molecule has 0 aromatic carbocycles. The van der Waals surface area contributed by atoms with Crippen molar-refractivity contribution in [2.45, 2.75) is 98.4 Å². The minimum atomic E-state index is -0.458. The highest BCUT2D eigenvalue weighted by atomic mass is 17.2. The standard InChI is InChI=1S/C10H22O2.C5H12O/c1-7-9(3,4)11-12-10(5,6)8-2;1-4-5(2,3)6/h7-8H2,1-6H3;6H,4H2,1-3H3. The van der Waals surface area contributed by atoms with Gasteiger partial charge in [0.2, 0.25) is 0 Å². The van der Waals surface area contributed by atoms with Crippen LogP contribution in [-0.2, 0) is 9.78 Å². The Kier molecular flexibility index (Phi) is 9.13. The summed E-state index contributed by atoms with van der Waals surface area (Å²) in [5.41, 5.74) is -0.807. The van der Waals surface area contributed by atoms with Gasteiger partial charge < -0.3 is 5.11 Å². The van der Waals surface area contributed by atoms with Crippen molar-refractivity contribution in [3.05, 3.63) is 0 Å². The van der Waals surface area contributed by atoms with E-state index in [4.69, 9.17) is 14.9 Å². The summed E-state index contributed by atoms with van der Waals surface area (Å²) in [5, 5.41) is 8.83. The third-order valence-electron chi connectivity index (χ3n) is 3.06. The van der Waals surface area contributed by atoms with Gasteiger partial charge in [0.25, 0.3) is 0 Å². The molecule has 0 aliphatic heterocycles. The second-order valence-electron chi connectivity index (χ2n) is 6.56. The van der Waals surface area contributed by atoms with Crippen molar-refractivity contribution in [3.8, 4) is 0 Å². The molecule has 0 heterocycles. The minimum Gasteiger partial charge on any atom is -0.390 e. The normalized spacial score (nSPS) is 13.0. The lowest BCUT2D eigenvalue weighted by Crippen LogP contribution is -2.31. The number of hydrogen-bond donors (Lipinski definition) is 1. The predicted molar refractivity (Wildman–Crippen MR) is 77.5 cm³/mol. The van der Waals surface area contributed by atoms with E-state index >= 15 is 0 Å². The number of hydrogen-bond acceptors (Lipinski definition) is 3. The van der Waals surface area contributed by atoms with Crippen LogP contribution in [0.5, 0.6) is 0 Å². The molecule has 0 amide bonds. The van der Waals surface area contributed by atoms with Crippen molar-refractivity contribution in [2.75, 3.05) is 0 Å². The molecule has 0 aromatic heterocycles. The monoisotopic (exact) mass is 262 g/mol. The first-order chi connectivity index (χ1) is 7.89. The van der Waals surface area contributed by atoms with Crippen molar-refractivity contribution < 1.29 is 14.9 Å². The van der Waals surface area contributed by atoms with E-state index in [1.165, 1.54) is 0 Å². The van der Waals surface area contributed by atoms with Gasteiger partial charge in [-0.3, -0.25) is 0 Å². The molecule has 0 atom stereocenters. The molecule has 3 heteroatoms. The zero-order valence-electron chi connectivity index (χ0n) is 13.9. The van der Waals surface area contributed by atoms with E-state index in [0.29, 0.717) is 0 Å². The van der Waals surface area contributed by atoms with Gasteiger partial charge in [-0.05, 0) is 60.8 Å². The van der Waals surface area contributed by atoms with Gasteiger partial charge in [-0.15, -0.1) is 0 Å². The van der Waals surface area contributed by atoms with E-state index in [9.17, 15) is 0 Å². The van der Waals surface area contributed by atoms with E-state index < -0.39 is 5.60 Å². The molecule has 0 rings (SSSR count). The molecule has 1 N–H and O–H groups in total. The highest BCUT2D eigenvalue weighted by molar-refractivity contribution is 4.66. The van der Waals surface area contributed by atoms with Gasteiger partial charge in [-0.25, -0.2) is 9.78 Å². The summed E-state index contributed by atoms with van der Waals surface area (Å²) in [6, 6.07) is 0. The van der Waals surface area contributed by atoms with Crippen molar-refractivity contribution in [2.24, 2.45) is 0 Å². The van der Waals surface area contributed by atoms with Crippen LogP contribution >= 0.6 is 0 Å². The second-order valence-corrected chi connectivity index (χ2v) is 6.56. The number of rotatable bonds is 6. The van der Waals surface area contributed by atoms with Crippen LogP contribution < -0.4 is 0 Å². The Morgan fingerprint density at radius 1 is 0.667 bits per heavy atom. The molecule has 0 aromatic rings. The molecule has 3 nitrogen and oxygen atoms in total. The third-order valence-corrected chi connectivity index (χ3v) is 3.06. The Labute approximate surface area is 114 Å². The van der Waals surface area contributed by atoms with Crippen LogP contribution in [0, 0.1) is 0 Å². The molecule has 18 heavy (non-hydrogen) atoms. The molecule has 0 spiro atoms. The van der Waals surface area contributed by atoms with Gasteiger partial charge in [0.05, 0.1) is 16.8 Å². The highest BCUT2D eigenvalue weighted by Gasteiger charge is 2.23. The third kappa shape index (κ3) is 13.9. The van der Waals surface area contributed by atoms with Crippen LogP contribution in [0.3, 0.4) is 0 Å². The molecular formula is C15H34O3. The summed E-state index contributed by atoms with van der Waals surface area (Å²) in [5.74, 6) is 0. The van der Waals surface area contributed by atoms with E-state index in [2.05, 4.69) is 13.8 Å². The molecule has 0 aliphatic carbocycles.